The first-order valence-corrected chi connectivity index (χ1v) is 6.66. The maximum atomic E-state index is 12.2. The zero-order valence-electron chi connectivity index (χ0n) is 10.8. The van der Waals surface area contributed by atoms with E-state index in [2.05, 4.69) is 0 Å². The highest BCUT2D eigenvalue weighted by Crippen LogP contribution is 2.39. The lowest BCUT2D eigenvalue weighted by Crippen LogP contribution is -2.46. The molecule has 0 spiro atoms. The molecule has 102 valence electrons. The minimum atomic E-state index is -0.856. The van der Waals surface area contributed by atoms with Crippen LogP contribution in [0.25, 0.3) is 0 Å². The van der Waals surface area contributed by atoms with E-state index in [1.54, 1.807) is 36.1 Å². The summed E-state index contributed by atoms with van der Waals surface area (Å²) >= 11 is 5.88. The lowest BCUT2D eigenvalue weighted by atomic mass is 9.86. The van der Waals surface area contributed by atoms with E-state index in [-0.39, 0.29) is 11.9 Å². The Morgan fingerprint density at radius 2 is 2.05 bits per heavy atom. The van der Waals surface area contributed by atoms with Crippen molar-refractivity contribution in [3.63, 3.8) is 0 Å². The van der Waals surface area contributed by atoms with Crippen LogP contribution in [0.15, 0.2) is 24.3 Å². The standard InChI is InChI=1S/C14H16ClNO3/c1-8-7-11(14(18)19)10-5-3-4-6-12(10)16(8)13(17)9(2)15/h3-6,8-9,11H,7H2,1-2H3,(H,18,19). The number of halogens is 1. The maximum absolute atomic E-state index is 12.2. The second kappa shape index (κ2) is 5.21. The molecule has 0 fully saturated rings. The van der Waals surface area contributed by atoms with E-state index >= 15 is 0 Å². The van der Waals surface area contributed by atoms with Crippen LogP contribution in [0.5, 0.6) is 0 Å². The molecule has 1 N–H and O–H groups in total. The van der Waals surface area contributed by atoms with E-state index in [9.17, 15) is 14.7 Å². The Hall–Kier alpha value is -1.55. The molecule has 0 bridgehead atoms. The van der Waals surface area contributed by atoms with Crippen LogP contribution in [0.1, 0.15) is 31.7 Å². The Kier molecular flexibility index (Phi) is 3.80. The number of carbonyl (C=O) groups is 2. The molecule has 5 heteroatoms. The molecular weight excluding hydrogens is 266 g/mol. The van der Waals surface area contributed by atoms with Crippen LogP contribution in [-0.4, -0.2) is 28.4 Å². The van der Waals surface area contributed by atoms with Gasteiger partial charge in [0, 0.05) is 11.7 Å². The molecule has 1 aromatic rings. The van der Waals surface area contributed by atoms with Crippen LogP contribution in [0, 0.1) is 0 Å². The maximum Gasteiger partial charge on any atom is 0.311 e. The molecule has 2 rings (SSSR count). The van der Waals surface area contributed by atoms with Gasteiger partial charge >= 0.3 is 5.97 Å². The monoisotopic (exact) mass is 281 g/mol. The highest BCUT2D eigenvalue weighted by molar-refractivity contribution is 6.32. The first-order chi connectivity index (χ1) is 8.93. The Balaban J connectivity index is 2.51. The van der Waals surface area contributed by atoms with Crippen LogP contribution in [0.3, 0.4) is 0 Å². The Labute approximate surface area is 117 Å². The van der Waals surface area contributed by atoms with Gasteiger partial charge in [-0.05, 0) is 31.9 Å². The number of carboxylic acids is 1. The number of carboxylic acid groups (broad SMARTS) is 1. The molecule has 3 unspecified atom stereocenters. The van der Waals surface area contributed by atoms with E-state index in [0.29, 0.717) is 17.7 Å². The van der Waals surface area contributed by atoms with Crippen molar-refractivity contribution in [2.75, 3.05) is 4.90 Å². The number of para-hydroxylation sites is 1. The molecule has 1 aliphatic heterocycles. The normalized spacial score (nSPS) is 23.6. The topological polar surface area (TPSA) is 57.6 Å². The van der Waals surface area contributed by atoms with E-state index in [0.717, 1.165) is 0 Å². The number of alkyl halides is 1. The summed E-state index contributed by atoms with van der Waals surface area (Å²) in [6.07, 6.45) is 0.404. The second-order valence-corrected chi connectivity index (χ2v) is 5.51. The Morgan fingerprint density at radius 3 is 2.63 bits per heavy atom. The van der Waals surface area contributed by atoms with Gasteiger partial charge in [-0.2, -0.15) is 0 Å². The number of benzene rings is 1. The van der Waals surface area contributed by atoms with Gasteiger partial charge in [0.15, 0.2) is 0 Å². The predicted octanol–water partition coefficient (Wildman–Crippen LogP) is 2.61. The van der Waals surface area contributed by atoms with Crippen molar-refractivity contribution < 1.29 is 14.7 Å². The van der Waals surface area contributed by atoms with Gasteiger partial charge < -0.3 is 10.0 Å². The third kappa shape index (κ3) is 2.45. The van der Waals surface area contributed by atoms with Gasteiger partial charge in [0.1, 0.15) is 5.38 Å². The van der Waals surface area contributed by atoms with Gasteiger partial charge in [-0.25, -0.2) is 0 Å². The number of hydrogen-bond acceptors (Lipinski definition) is 2. The number of amides is 1. The van der Waals surface area contributed by atoms with Gasteiger partial charge in [0.05, 0.1) is 5.92 Å². The first-order valence-electron chi connectivity index (χ1n) is 6.22. The van der Waals surface area contributed by atoms with Crippen molar-refractivity contribution in [1.29, 1.82) is 0 Å². The number of nitrogens with zero attached hydrogens (tertiary/aromatic N) is 1. The molecule has 0 aliphatic carbocycles. The second-order valence-electron chi connectivity index (χ2n) is 4.86. The molecule has 0 saturated carbocycles. The average molecular weight is 282 g/mol. The minimum Gasteiger partial charge on any atom is -0.481 e. The summed E-state index contributed by atoms with van der Waals surface area (Å²) in [4.78, 5) is 25.2. The zero-order chi connectivity index (χ0) is 14.2. The summed E-state index contributed by atoms with van der Waals surface area (Å²) in [5.74, 6) is -1.61. The van der Waals surface area contributed by atoms with E-state index in [1.165, 1.54) is 0 Å². The number of rotatable bonds is 2. The van der Waals surface area contributed by atoms with Crippen molar-refractivity contribution in [2.45, 2.75) is 37.6 Å². The molecule has 0 radical (unpaired) electrons. The summed E-state index contributed by atoms with van der Waals surface area (Å²) in [5, 5.41) is 8.68. The van der Waals surface area contributed by atoms with Crippen LogP contribution < -0.4 is 4.90 Å². The third-order valence-electron chi connectivity index (χ3n) is 3.47. The van der Waals surface area contributed by atoms with Gasteiger partial charge in [0.25, 0.3) is 0 Å². The molecule has 1 heterocycles. The summed E-state index contributed by atoms with van der Waals surface area (Å²) in [6.45, 7) is 3.48. The zero-order valence-corrected chi connectivity index (χ0v) is 11.6. The molecule has 19 heavy (non-hydrogen) atoms. The molecule has 4 nitrogen and oxygen atoms in total. The molecule has 1 aromatic carbocycles. The van der Waals surface area contributed by atoms with Crippen LogP contribution in [-0.2, 0) is 9.59 Å². The van der Waals surface area contributed by atoms with E-state index in [1.807, 2.05) is 6.92 Å². The van der Waals surface area contributed by atoms with Crippen LogP contribution >= 0.6 is 11.6 Å². The lowest BCUT2D eigenvalue weighted by Gasteiger charge is -2.38. The van der Waals surface area contributed by atoms with Crippen LogP contribution in [0.4, 0.5) is 5.69 Å². The molecular formula is C14H16ClNO3. The molecule has 0 aromatic heterocycles. The summed E-state index contributed by atoms with van der Waals surface area (Å²) < 4.78 is 0. The number of hydrogen-bond donors (Lipinski definition) is 1. The summed E-state index contributed by atoms with van der Waals surface area (Å²) in [7, 11) is 0. The van der Waals surface area contributed by atoms with Crippen molar-refractivity contribution in [3.8, 4) is 0 Å². The number of carbonyl (C=O) groups excluding carboxylic acids is 1. The highest BCUT2D eigenvalue weighted by atomic mass is 35.5. The molecule has 3 atom stereocenters. The fraction of sp³-hybridized carbons (Fsp3) is 0.429. The quantitative estimate of drug-likeness (QED) is 0.848. The van der Waals surface area contributed by atoms with Gasteiger partial charge in [-0.3, -0.25) is 9.59 Å². The summed E-state index contributed by atoms with van der Waals surface area (Å²) in [5.41, 5.74) is 1.34. The van der Waals surface area contributed by atoms with Crippen molar-refractivity contribution in [3.05, 3.63) is 29.8 Å². The SMILES string of the molecule is CC(Cl)C(=O)N1c2ccccc2C(C(=O)O)CC1C. The van der Waals surface area contributed by atoms with Crippen LogP contribution in [0.2, 0.25) is 0 Å². The van der Waals surface area contributed by atoms with Crippen molar-refractivity contribution in [1.82, 2.24) is 0 Å². The van der Waals surface area contributed by atoms with Crippen molar-refractivity contribution >= 4 is 29.2 Å². The number of fused-ring (bicyclic) bond motifs is 1. The first kappa shape index (κ1) is 13.9. The fourth-order valence-corrected chi connectivity index (χ4v) is 2.68. The van der Waals surface area contributed by atoms with Gasteiger partial charge in [0.2, 0.25) is 5.91 Å². The summed E-state index contributed by atoms with van der Waals surface area (Å²) in [6, 6.07) is 6.95. The largest absolute Gasteiger partial charge is 0.481 e. The number of aliphatic carboxylic acids is 1. The van der Waals surface area contributed by atoms with Gasteiger partial charge in [-0.1, -0.05) is 18.2 Å². The highest BCUT2D eigenvalue weighted by Gasteiger charge is 2.37. The van der Waals surface area contributed by atoms with Gasteiger partial charge in [-0.15, -0.1) is 11.6 Å². The van der Waals surface area contributed by atoms with E-state index < -0.39 is 17.3 Å². The van der Waals surface area contributed by atoms with E-state index in [4.69, 9.17) is 11.6 Å². The number of anilines is 1. The lowest BCUT2D eigenvalue weighted by molar-refractivity contribution is -0.139. The third-order valence-corrected chi connectivity index (χ3v) is 3.65. The Morgan fingerprint density at radius 1 is 1.42 bits per heavy atom. The smallest absolute Gasteiger partial charge is 0.311 e. The average Bonchev–Trinajstić information content (AvgIpc) is 2.36. The predicted molar refractivity (Wildman–Crippen MR) is 73.7 cm³/mol. The fourth-order valence-electron chi connectivity index (χ4n) is 2.57. The molecule has 0 saturated heterocycles. The molecule has 1 amide bonds. The van der Waals surface area contributed by atoms with Crippen molar-refractivity contribution in [2.24, 2.45) is 0 Å². The Bertz CT molecular complexity index is 515. The minimum absolute atomic E-state index is 0.176. The molecule has 1 aliphatic rings.